The van der Waals surface area contributed by atoms with Gasteiger partial charge in [-0.15, -0.1) is 0 Å². The maximum atomic E-state index is 12.2. The Labute approximate surface area is 123 Å². The van der Waals surface area contributed by atoms with Crippen LogP contribution in [0.2, 0.25) is 0 Å². The topological polar surface area (TPSA) is 68.2 Å². The van der Waals surface area contributed by atoms with Crippen LogP contribution in [0.1, 0.15) is 17.3 Å². The highest BCUT2D eigenvalue weighted by atomic mass is 32.2. The lowest BCUT2D eigenvalue weighted by Crippen LogP contribution is -2.35. The van der Waals surface area contributed by atoms with E-state index < -0.39 is 15.9 Å². The highest BCUT2D eigenvalue weighted by Gasteiger charge is 2.23. The Morgan fingerprint density at radius 3 is 2.86 bits per heavy atom. The van der Waals surface area contributed by atoms with Crippen molar-refractivity contribution in [3.63, 3.8) is 0 Å². The summed E-state index contributed by atoms with van der Waals surface area (Å²) in [5.41, 5.74) is 1.62. The van der Waals surface area contributed by atoms with E-state index in [4.69, 9.17) is 0 Å². The van der Waals surface area contributed by atoms with E-state index in [1.807, 2.05) is 24.4 Å². The number of aromatic nitrogens is 1. The molecule has 1 N–H and O–H groups in total. The van der Waals surface area contributed by atoms with Crippen molar-refractivity contribution in [1.82, 2.24) is 9.88 Å². The molecule has 0 fully saturated rings. The van der Waals surface area contributed by atoms with Crippen LogP contribution in [0, 0.1) is 0 Å². The number of rotatable bonds is 3. The summed E-state index contributed by atoms with van der Waals surface area (Å²) in [6, 6.07) is 7.02. The SMILES string of the molecule is CCn1ccc2cc(C(=O)N[C@@H]3C=CS(=O)(=O)C3)ccc21. The van der Waals surface area contributed by atoms with E-state index >= 15 is 0 Å². The molecule has 1 aromatic heterocycles. The number of benzene rings is 1. The standard InChI is InChI=1S/C15H16N2O3S/c1-2-17-7-5-11-9-12(3-4-14(11)17)15(18)16-13-6-8-21(19,20)10-13/h3-9,13H,2,10H2,1H3,(H,16,18)/t13-/m1/s1. The van der Waals surface area contributed by atoms with Crippen LogP contribution in [-0.2, 0) is 16.4 Å². The van der Waals surface area contributed by atoms with Crippen LogP contribution in [0.3, 0.4) is 0 Å². The molecule has 0 spiro atoms. The van der Waals surface area contributed by atoms with Gasteiger partial charge in [0.2, 0.25) is 0 Å². The fourth-order valence-electron chi connectivity index (χ4n) is 2.53. The first-order valence-electron chi connectivity index (χ1n) is 6.79. The Morgan fingerprint density at radius 2 is 2.19 bits per heavy atom. The Hall–Kier alpha value is -2.08. The molecule has 0 unspecified atom stereocenters. The van der Waals surface area contributed by atoms with Crippen molar-refractivity contribution in [2.24, 2.45) is 0 Å². The van der Waals surface area contributed by atoms with Gasteiger partial charge >= 0.3 is 0 Å². The summed E-state index contributed by atoms with van der Waals surface area (Å²) < 4.78 is 24.8. The van der Waals surface area contributed by atoms with Crippen LogP contribution in [0.25, 0.3) is 10.9 Å². The molecule has 21 heavy (non-hydrogen) atoms. The Morgan fingerprint density at radius 1 is 1.38 bits per heavy atom. The number of sulfone groups is 1. The van der Waals surface area contributed by atoms with Gasteiger partial charge in [0.25, 0.3) is 5.91 Å². The van der Waals surface area contributed by atoms with Gasteiger partial charge in [0.05, 0.1) is 11.8 Å². The number of carbonyl (C=O) groups is 1. The van der Waals surface area contributed by atoms with Gasteiger partial charge in [0.15, 0.2) is 9.84 Å². The van der Waals surface area contributed by atoms with Crippen LogP contribution in [0.4, 0.5) is 0 Å². The molecule has 0 aliphatic carbocycles. The van der Waals surface area contributed by atoms with Gasteiger partial charge in [-0.3, -0.25) is 4.79 Å². The molecule has 0 saturated heterocycles. The van der Waals surface area contributed by atoms with Gasteiger partial charge in [0.1, 0.15) is 0 Å². The molecule has 1 aromatic carbocycles. The number of amides is 1. The van der Waals surface area contributed by atoms with E-state index in [9.17, 15) is 13.2 Å². The van der Waals surface area contributed by atoms with Crippen molar-refractivity contribution < 1.29 is 13.2 Å². The van der Waals surface area contributed by atoms with Gasteiger partial charge in [-0.2, -0.15) is 0 Å². The molecular weight excluding hydrogens is 288 g/mol. The van der Waals surface area contributed by atoms with Crippen molar-refractivity contribution in [1.29, 1.82) is 0 Å². The molecule has 2 aromatic rings. The smallest absolute Gasteiger partial charge is 0.251 e. The number of hydrogen-bond acceptors (Lipinski definition) is 3. The normalized spacial score (nSPS) is 20.0. The first-order valence-corrected chi connectivity index (χ1v) is 8.51. The predicted molar refractivity (Wildman–Crippen MR) is 81.8 cm³/mol. The molecular formula is C15H16N2O3S. The summed E-state index contributed by atoms with van der Waals surface area (Å²) in [6.07, 6.45) is 3.50. The second kappa shape index (κ2) is 5.04. The van der Waals surface area contributed by atoms with Crippen molar-refractivity contribution in [2.45, 2.75) is 19.5 Å². The second-order valence-corrected chi connectivity index (χ2v) is 7.04. The minimum absolute atomic E-state index is 0.0623. The van der Waals surface area contributed by atoms with Crippen LogP contribution in [0.15, 0.2) is 41.9 Å². The lowest BCUT2D eigenvalue weighted by Gasteiger charge is -2.10. The summed E-state index contributed by atoms with van der Waals surface area (Å²) in [6.45, 7) is 2.94. The third-order valence-electron chi connectivity index (χ3n) is 3.62. The van der Waals surface area contributed by atoms with E-state index in [2.05, 4.69) is 16.8 Å². The highest BCUT2D eigenvalue weighted by molar-refractivity contribution is 7.94. The van der Waals surface area contributed by atoms with Crippen LogP contribution in [-0.4, -0.2) is 30.7 Å². The van der Waals surface area contributed by atoms with Crippen LogP contribution >= 0.6 is 0 Å². The summed E-state index contributed by atoms with van der Waals surface area (Å²) in [5, 5.41) is 4.88. The maximum absolute atomic E-state index is 12.2. The third-order valence-corrected chi connectivity index (χ3v) is 5.02. The van der Waals surface area contributed by atoms with Crippen molar-refractivity contribution in [3.05, 3.63) is 47.5 Å². The maximum Gasteiger partial charge on any atom is 0.251 e. The minimum atomic E-state index is -3.16. The number of nitrogens with one attached hydrogen (secondary N) is 1. The quantitative estimate of drug-likeness (QED) is 0.938. The summed E-state index contributed by atoms with van der Waals surface area (Å²) in [7, 11) is -3.16. The van der Waals surface area contributed by atoms with Crippen LogP contribution in [0.5, 0.6) is 0 Å². The lowest BCUT2D eigenvalue weighted by atomic mass is 10.1. The molecule has 6 heteroatoms. The van der Waals surface area contributed by atoms with Gasteiger partial charge in [-0.25, -0.2) is 8.42 Å². The Bertz CT molecular complexity index is 834. The van der Waals surface area contributed by atoms with E-state index in [1.165, 1.54) is 6.08 Å². The largest absolute Gasteiger partial charge is 0.348 e. The molecule has 1 atom stereocenters. The first kappa shape index (κ1) is 13.9. The molecule has 2 heterocycles. The molecule has 0 saturated carbocycles. The molecule has 0 radical (unpaired) electrons. The van der Waals surface area contributed by atoms with Crippen molar-refractivity contribution in [2.75, 3.05) is 5.75 Å². The fraction of sp³-hybridized carbons (Fsp3) is 0.267. The van der Waals surface area contributed by atoms with Crippen LogP contribution < -0.4 is 5.32 Å². The third kappa shape index (κ3) is 2.71. The van der Waals surface area contributed by atoms with E-state index in [0.717, 1.165) is 22.9 Å². The molecule has 1 aliphatic rings. The number of fused-ring (bicyclic) bond motifs is 1. The zero-order valence-electron chi connectivity index (χ0n) is 11.6. The molecule has 0 bridgehead atoms. The van der Waals surface area contributed by atoms with Gasteiger partial charge in [-0.1, -0.05) is 0 Å². The average molecular weight is 304 g/mol. The molecule has 110 valence electrons. The van der Waals surface area contributed by atoms with Gasteiger partial charge in [-0.05, 0) is 37.3 Å². The molecule has 5 nitrogen and oxygen atoms in total. The second-order valence-electron chi connectivity index (χ2n) is 5.11. The average Bonchev–Trinajstić information content (AvgIpc) is 3.00. The van der Waals surface area contributed by atoms with E-state index in [1.54, 1.807) is 6.07 Å². The Balaban J connectivity index is 1.80. The first-order chi connectivity index (χ1) is 9.98. The van der Waals surface area contributed by atoms with E-state index in [0.29, 0.717) is 5.56 Å². The molecule has 1 aliphatic heterocycles. The summed E-state index contributed by atoms with van der Waals surface area (Å²) >= 11 is 0. The summed E-state index contributed by atoms with van der Waals surface area (Å²) in [4.78, 5) is 12.2. The number of hydrogen-bond donors (Lipinski definition) is 1. The van der Waals surface area contributed by atoms with Crippen molar-refractivity contribution in [3.8, 4) is 0 Å². The minimum Gasteiger partial charge on any atom is -0.348 e. The molecule has 1 amide bonds. The van der Waals surface area contributed by atoms with Crippen molar-refractivity contribution >= 4 is 26.6 Å². The zero-order chi connectivity index (χ0) is 15.0. The number of nitrogens with zero attached hydrogens (tertiary/aromatic N) is 1. The lowest BCUT2D eigenvalue weighted by molar-refractivity contribution is 0.0948. The summed E-state index contributed by atoms with van der Waals surface area (Å²) in [5.74, 6) is -0.319. The van der Waals surface area contributed by atoms with E-state index in [-0.39, 0.29) is 11.7 Å². The van der Waals surface area contributed by atoms with Gasteiger partial charge in [0, 0.05) is 34.6 Å². The van der Waals surface area contributed by atoms with Gasteiger partial charge < -0.3 is 9.88 Å². The highest BCUT2D eigenvalue weighted by Crippen LogP contribution is 2.18. The monoisotopic (exact) mass is 304 g/mol. The zero-order valence-corrected chi connectivity index (χ0v) is 12.4. The number of carbonyl (C=O) groups excluding carboxylic acids is 1. The predicted octanol–water partition coefficient (Wildman–Crippen LogP) is 1.70. The fourth-order valence-corrected chi connectivity index (χ4v) is 3.77. The Kier molecular flexibility index (Phi) is 3.33. The molecule has 3 rings (SSSR count). The number of aryl methyl sites for hydroxylation is 1.